The summed E-state index contributed by atoms with van der Waals surface area (Å²) >= 11 is 0. The van der Waals surface area contributed by atoms with Crippen LogP contribution >= 0.6 is 7.82 Å². The maximum Gasteiger partial charge on any atom is 0.306 e. The van der Waals surface area contributed by atoms with Gasteiger partial charge in [-0.3, -0.25) is 14.2 Å². The van der Waals surface area contributed by atoms with E-state index in [0.29, 0.717) is 17.4 Å². The number of unbranched alkanes of at least 4 members (excludes halogenated alkanes) is 39. The lowest BCUT2D eigenvalue weighted by Crippen LogP contribution is -2.47. The van der Waals surface area contributed by atoms with Crippen LogP contribution in [0.3, 0.4) is 0 Å². The SMILES string of the molecule is CCCCC/C=C\C/C=C\C/C=C\C/C=C\CCCCCCCCCC(=O)NC(COP(=O)([O-])OCC[N+](C)(C)C)C(/C=C/CCCCCCCCCCCCC)OC(=O)CCCCCCCCCCCCCCCCCCCCC. The molecule has 3 atom stereocenters. The molecule has 0 bridgehead atoms. The van der Waals surface area contributed by atoms with Gasteiger partial charge >= 0.3 is 5.97 Å². The van der Waals surface area contributed by atoms with Crippen molar-refractivity contribution in [1.29, 1.82) is 0 Å². The average molecular weight is 1160 g/mol. The summed E-state index contributed by atoms with van der Waals surface area (Å²) in [6.07, 6.45) is 77.6. The molecule has 0 aliphatic rings. The van der Waals surface area contributed by atoms with Gasteiger partial charge in [-0.05, 0) is 76.7 Å². The Hall–Kier alpha value is -2.29. The Morgan fingerprint density at radius 1 is 0.432 bits per heavy atom. The van der Waals surface area contributed by atoms with Crippen LogP contribution in [0.2, 0.25) is 0 Å². The van der Waals surface area contributed by atoms with Crippen LogP contribution in [0.5, 0.6) is 0 Å². The number of esters is 1. The van der Waals surface area contributed by atoms with Gasteiger partial charge in [0.15, 0.2) is 0 Å². The van der Waals surface area contributed by atoms with Crippen molar-refractivity contribution in [3.63, 3.8) is 0 Å². The molecule has 0 aliphatic heterocycles. The Bertz CT molecular complexity index is 1570. The first kappa shape index (κ1) is 78.7. The van der Waals surface area contributed by atoms with Crippen molar-refractivity contribution in [3.8, 4) is 0 Å². The lowest BCUT2D eigenvalue weighted by atomic mass is 10.0. The Kier molecular flexibility index (Phi) is 59.1. The van der Waals surface area contributed by atoms with E-state index in [4.69, 9.17) is 13.8 Å². The molecule has 0 aromatic carbocycles. The highest BCUT2D eigenvalue weighted by atomic mass is 31.2. The first-order valence-corrected chi connectivity index (χ1v) is 36.1. The number of carbonyl (C=O) groups excluding carboxylic acids is 2. The van der Waals surface area contributed by atoms with Crippen molar-refractivity contribution in [2.45, 2.75) is 341 Å². The minimum Gasteiger partial charge on any atom is -0.756 e. The first-order valence-electron chi connectivity index (χ1n) is 34.6. The zero-order valence-corrected chi connectivity index (χ0v) is 55.1. The molecular weight excluding hydrogens is 1020 g/mol. The number of rotatable bonds is 63. The predicted molar refractivity (Wildman–Crippen MR) is 349 cm³/mol. The summed E-state index contributed by atoms with van der Waals surface area (Å²) in [5.41, 5.74) is 0. The predicted octanol–water partition coefficient (Wildman–Crippen LogP) is 21.2. The highest BCUT2D eigenvalue weighted by Gasteiger charge is 2.27. The maximum absolute atomic E-state index is 13.6. The van der Waals surface area contributed by atoms with Crippen LogP contribution in [-0.4, -0.2) is 69.4 Å². The summed E-state index contributed by atoms with van der Waals surface area (Å²) in [5.74, 6) is -0.540. The molecule has 0 saturated carbocycles. The second-order valence-corrected chi connectivity index (χ2v) is 26.1. The number of hydrogen-bond acceptors (Lipinski definition) is 7. The zero-order valence-electron chi connectivity index (χ0n) is 54.2. The van der Waals surface area contributed by atoms with Gasteiger partial charge in [-0.2, -0.15) is 0 Å². The van der Waals surface area contributed by atoms with E-state index < -0.39 is 26.6 Å². The second-order valence-electron chi connectivity index (χ2n) is 24.7. The number of amides is 1. The molecule has 0 aliphatic carbocycles. The maximum atomic E-state index is 13.6. The Morgan fingerprint density at radius 3 is 1.15 bits per heavy atom. The van der Waals surface area contributed by atoms with Crippen LogP contribution in [0.25, 0.3) is 0 Å². The average Bonchev–Trinajstić information content (AvgIpc) is 3.44. The topological polar surface area (TPSA) is 114 Å². The van der Waals surface area contributed by atoms with E-state index in [1.54, 1.807) is 0 Å². The number of phosphoric acid groups is 1. The van der Waals surface area contributed by atoms with Crippen LogP contribution < -0.4 is 10.2 Å². The van der Waals surface area contributed by atoms with Crippen molar-refractivity contribution in [1.82, 2.24) is 5.32 Å². The molecule has 1 N–H and O–H groups in total. The van der Waals surface area contributed by atoms with Gasteiger partial charge in [-0.15, -0.1) is 0 Å². The Morgan fingerprint density at radius 2 is 0.753 bits per heavy atom. The fourth-order valence-electron chi connectivity index (χ4n) is 10.1. The van der Waals surface area contributed by atoms with Crippen LogP contribution in [0, 0.1) is 0 Å². The van der Waals surface area contributed by atoms with E-state index >= 15 is 0 Å². The minimum absolute atomic E-state index is 0.0244. The van der Waals surface area contributed by atoms with Crippen molar-refractivity contribution < 1.29 is 37.3 Å². The van der Waals surface area contributed by atoms with Crippen LogP contribution in [-0.2, 0) is 27.9 Å². The molecule has 10 heteroatoms. The Balaban J connectivity index is 5.17. The lowest BCUT2D eigenvalue weighted by Gasteiger charge is -2.30. The third kappa shape index (κ3) is 62.1. The number of nitrogens with zero attached hydrogens (tertiary/aromatic N) is 1. The summed E-state index contributed by atoms with van der Waals surface area (Å²) in [5, 5.41) is 3.04. The fraction of sp³-hybridized carbons (Fsp3) is 0.831. The van der Waals surface area contributed by atoms with E-state index in [2.05, 4.69) is 74.7 Å². The molecule has 3 unspecified atom stereocenters. The van der Waals surface area contributed by atoms with Gasteiger partial charge in [0.05, 0.1) is 33.8 Å². The highest BCUT2D eigenvalue weighted by molar-refractivity contribution is 7.45. The molecule has 9 nitrogen and oxygen atoms in total. The molecule has 0 radical (unpaired) electrons. The third-order valence-corrected chi connectivity index (χ3v) is 16.4. The van der Waals surface area contributed by atoms with Crippen molar-refractivity contribution in [3.05, 3.63) is 60.8 Å². The molecule has 0 saturated heterocycles. The number of phosphoric ester groups is 1. The molecular formula is C71H133N2O7P. The van der Waals surface area contributed by atoms with Crippen LogP contribution in [0.4, 0.5) is 0 Å². The monoisotopic (exact) mass is 1160 g/mol. The number of carbonyl (C=O) groups is 2. The normalized spacial score (nSPS) is 13.9. The number of allylic oxidation sites excluding steroid dienone is 9. The number of likely N-dealkylation sites (N-methyl/N-ethyl adjacent to an activating group) is 1. The number of quaternary nitrogens is 1. The quantitative estimate of drug-likeness (QED) is 0.0212. The number of hydrogen-bond donors (Lipinski definition) is 1. The molecule has 1 amide bonds. The van der Waals surface area contributed by atoms with Gasteiger partial charge in [0, 0.05) is 12.8 Å². The standard InChI is InChI=1S/C71H133N2O7P/c1-7-10-13-16-19-22-25-28-30-32-34-35-36-37-39-40-42-45-48-51-54-57-60-63-70(74)72-68(67-79-81(76,77)78-66-65-73(4,5)6)69(62-59-56-53-50-47-44-27-24-21-18-15-12-9-3)80-71(75)64-61-58-55-52-49-46-43-41-38-33-31-29-26-23-20-17-14-11-8-2/h19,22,28,30,34-35,37,39,59,62,68-69H,7-18,20-21,23-27,29,31-33,36,38,40-58,60-61,63-67H2,1-6H3,(H-,72,74,76,77)/b22-19-,30-28-,35-34-,39-37-,62-59+. The molecule has 0 aromatic heterocycles. The van der Waals surface area contributed by atoms with Gasteiger partial charge in [0.25, 0.3) is 7.82 Å². The number of nitrogens with one attached hydrogen (secondary N) is 1. The molecule has 81 heavy (non-hydrogen) atoms. The molecule has 0 aromatic rings. The van der Waals surface area contributed by atoms with Crippen LogP contribution in [0.15, 0.2) is 60.8 Å². The molecule has 0 rings (SSSR count). The lowest BCUT2D eigenvalue weighted by molar-refractivity contribution is -0.870. The van der Waals surface area contributed by atoms with E-state index in [9.17, 15) is 19.0 Å². The van der Waals surface area contributed by atoms with E-state index in [1.165, 1.54) is 205 Å². The fourth-order valence-corrected chi connectivity index (χ4v) is 10.8. The highest BCUT2D eigenvalue weighted by Crippen LogP contribution is 2.38. The van der Waals surface area contributed by atoms with E-state index in [-0.39, 0.29) is 24.9 Å². The smallest absolute Gasteiger partial charge is 0.306 e. The molecule has 0 heterocycles. The molecule has 0 fully saturated rings. The van der Waals surface area contributed by atoms with Crippen LogP contribution in [0.1, 0.15) is 329 Å². The second kappa shape index (κ2) is 60.8. The zero-order chi connectivity index (χ0) is 59.3. The minimum atomic E-state index is -4.71. The summed E-state index contributed by atoms with van der Waals surface area (Å²) in [6.45, 7) is 6.85. The molecule has 0 spiro atoms. The van der Waals surface area contributed by atoms with E-state index in [1.807, 2.05) is 33.3 Å². The van der Waals surface area contributed by atoms with Gasteiger partial charge in [-0.1, -0.05) is 300 Å². The summed E-state index contributed by atoms with van der Waals surface area (Å²) in [7, 11) is 1.18. The molecule has 474 valence electrons. The number of ether oxygens (including phenoxy) is 1. The largest absolute Gasteiger partial charge is 0.756 e. The van der Waals surface area contributed by atoms with Gasteiger partial charge in [0.1, 0.15) is 19.3 Å². The summed E-state index contributed by atoms with van der Waals surface area (Å²) in [6, 6.07) is -0.894. The van der Waals surface area contributed by atoms with Crippen molar-refractivity contribution >= 4 is 19.7 Å². The van der Waals surface area contributed by atoms with E-state index in [0.717, 1.165) is 89.9 Å². The summed E-state index contributed by atoms with van der Waals surface area (Å²) in [4.78, 5) is 40.2. The van der Waals surface area contributed by atoms with Gasteiger partial charge < -0.3 is 28.5 Å². The Labute approximate surface area is 502 Å². The van der Waals surface area contributed by atoms with Crippen molar-refractivity contribution in [2.24, 2.45) is 0 Å². The summed E-state index contributed by atoms with van der Waals surface area (Å²) < 4.78 is 30.4. The third-order valence-electron chi connectivity index (χ3n) is 15.5. The van der Waals surface area contributed by atoms with Gasteiger partial charge in [-0.25, -0.2) is 0 Å². The van der Waals surface area contributed by atoms with Crippen molar-refractivity contribution in [2.75, 3.05) is 40.9 Å². The first-order chi connectivity index (χ1) is 39.4. The van der Waals surface area contributed by atoms with Gasteiger partial charge in [0.2, 0.25) is 5.91 Å².